The third-order valence-corrected chi connectivity index (χ3v) is 2.46. The van der Waals surface area contributed by atoms with Gasteiger partial charge in [0, 0.05) is 0 Å². The van der Waals surface area contributed by atoms with Gasteiger partial charge in [-0.05, 0) is 30.5 Å². The van der Waals surface area contributed by atoms with Crippen LogP contribution >= 0.6 is 0 Å². The van der Waals surface area contributed by atoms with E-state index in [1.54, 1.807) is 0 Å². The molecule has 0 amide bonds. The van der Waals surface area contributed by atoms with E-state index >= 15 is 0 Å². The summed E-state index contributed by atoms with van der Waals surface area (Å²) in [6, 6.07) is 8.11. The first-order valence-corrected chi connectivity index (χ1v) is 6.27. The van der Waals surface area contributed by atoms with Crippen LogP contribution in [0.2, 0.25) is 0 Å². The van der Waals surface area contributed by atoms with E-state index in [1.165, 1.54) is 5.56 Å². The Morgan fingerprint density at radius 1 is 1.06 bits per heavy atom. The van der Waals surface area contributed by atoms with Crippen LogP contribution in [0.15, 0.2) is 24.3 Å². The highest BCUT2D eigenvalue weighted by Gasteiger charge is 1.96. The lowest BCUT2D eigenvalue weighted by atomic mass is 10.1. The number of hydrogen-bond acceptors (Lipinski definition) is 3. The van der Waals surface area contributed by atoms with Gasteiger partial charge in [0.05, 0.1) is 26.4 Å². The molecule has 17 heavy (non-hydrogen) atoms. The van der Waals surface area contributed by atoms with Crippen molar-refractivity contribution < 1.29 is 14.6 Å². The fourth-order valence-electron chi connectivity index (χ4n) is 1.44. The molecule has 0 heterocycles. The van der Waals surface area contributed by atoms with Crippen molar-refractivity contribution in [3.05, 3.63) is 29.8 Å². The number of ether oxygens (including phenoxy) is 2. The summed E-state index contributed by atoms with van der Waals surface area (Å²) < 4.78 is 10.8. The van der Waals surface area contributed by atoms with Gasteiger partial charge in [0.25, 0.3) is 0 Å². The zero-order chi connectivity index (χ0) is 12.3. The number of rotatable bonds is 9. The molecule has 0 aromatic heterocycles. The van der Waals surface area contributed by atoms with Crippen molar-refractivity contribution in [2.75, 3.05) is 26.4 Å². The Morgan fingerprint density at radius 3 is 2.47 bits per heavy atom. The van der Waals surface area contributed by atoms with E-state index in [4.69, 9.17) is 14.6 Å². The Labute approximate surface area is 103 Å². The van der Waals surface area contributed by atoms with Crippen molar-refractivity contribution >= 4 is 0 Å². The zero-order valence-corrected chi connectivity index (χ0v) is 10.5. The second kappa shape index (κ2) is 9.02. The lowest BCUT2D eigenvalue weighted by Crippen LogP contribution is -2.03. The molecule has 3 nitrogen and oxygen atoms in total. The second-order valence-corrected chi connectivity index (χ2v) is 3.93. The summed E-state index contributed by atoms with van der Waals surface area (Å²) in [5.74, 6) is 0.929. The van der Waals surface area contributed by atoms with E-state index in [0.29, 0.717) is 13.2 Å². The first kappa shape index (κ1) is 14.0. The molecule has 0 saturated heterocycles. The van der Waals surface area contributed by atoms with Crippen molar-refractivity contribution in [1.29, 1.82) is 0 Å². The Morgan fingerprint density at radius 2 is 1.82 bits per heavy atom. The molecular formula is C14H22O3. The molecular weight excluding hydrogens is 216 g/mol. The van der Waals surface area contributed by atoms with Gasteiger partial charge < -0.3 is 14.6 Å². The molecule has 0 aliphatic carbocycles. The number of aliphatic hydroxyl groups is 1. The first-order valence-electron chi connectivity index (χ1n) is 6.27. The summed E-state index contributed by atoms with van der Waals surface area (Å²) in [7, 11) is 0. The average molecular weight is 238 g/mol. The normalized spacial score (nSPS) is 10.5. The van der Waals surface area contributed by atoms with Crippen LogP contribution in [-0.2, 0) is 11.2 Å². The van der Waals surface area contributed by atoms with Gasteiger partial charge in [-0.3, -0.25) is 0 Å². The highest BCUT2D eigenvalue weighted by Crippen LogP contribution is 2.13. The van der Waals surface area contributed by atoms with E-state index in [1.807, 2.05) is 12.1 Å². The van der Waals surface area contributed by atoms with Crippen LogP contribution in [0.3, 0.4) is 0 Å². The molecule has 96 valence electrons. The van der Waals surface area contributed by atoms with Crippen LogP contribution in [0.25, 0.3) is 0 Å². The molecule has 0 spiro atoms. The summed E-state index contributed by atoms with van der Waals surface area (Å²) in [5.41, 5.74) is 1.23. The predicted octanol–water partition coefficient (Wildman–Crippen LogP) is 2.42. The van der Waals surface area contributed by atoms with E-state index in [0.717, 1.165) is 31.6 Å². The van der Waals surface area contributed by atoms with Gasteiger partial charge in [0.2, 0.25) is 0 Å². The molecule has 0 aliphatic heterocycles. The SMILES string of the molecule is CCCCOc1ccc(CCOCCO)cc1. The summed E-state index contributed by atoms with van der Waals surface area (Å²) in [6.45, 7) is 4.09. The van der Waals surface area contributed by atoms with Gasteiger partial charge in [-0.2, -0.15) is 0 Å². The minimum absolute atomic E-state index is 0.0875. The van der Waals surface area contributed by atoms with Crippen molar-refractivity contribution in [3.63, 3.8) is 0 Å². The van der Waals surface area contributed by atoms with E-state index in [2.05, 4.69) is 19.1 Å². The summed E-state index contributed by atoms with van der Waals surface area (Å²) in [6.07, 6.45) is 3.12. The largest absolute Gasteiger partial charge is 0.494 e. The molecule has 1 N–H and O–H groups in total. The molecule has 0 radical (unpaired) electrons. The smallest absolute Gasteiger partial charge is 0.119 e. The lowest BCUT2D eigenvalue weighted by Gasteiger charge is -2.06. The minimum Gasteiger partial charge on any atom is -0.494 e. The molecule has 0 fully saturated rings. The van der Waals surface area contributed by atoms with Crippen LogP contribution in [0.1, 0.15) is 25.3 Å². The topological polar surface area (TPSA) is 38.7 Å². The van der Waals surface area contributed by atoms with Gasteiger partial charge in [0.1, 0.15) is 5.75 Å². The summed E-state index contributed by atoms with van der Waals surface area (Å²) >= 11 is 0. The van der Waals surface area contributed by atoms with Crippen LogP contribution in [0, 0.1) is 0 Å². The number of hydrogen-bond donors (Lipinski definition) is 1. The third-order valence-electron chi connectivity index (χ3n) is 2.46. The van der Waals surface area contributed by atoms with Gasteiger partial charge in [-0.15, -0.1) is 0 Å². The Hall–Kier alpha value is -1.06. The maximum Gasteiger partial charge on any atom is 0.119 e. The third kappa shape index (κ3) is 6.29. The number of aliphatic hydroxyl groups excluding tert-OH is 1. The average Bonchev–Trinajstić information content (AvgIpc) is 2.37. The zero-order valence-electron chi connectivity index (χ0n) is 10.5. The van der Waals surface area contributed by atoms with E-state index < -0.39 is 0 Å². The second-order valence-electron chi connectivity index (χ2n) is 3.93. The molecule has 0 saturated carbocycles. The Balaban J connectivity index is 2.24. The summed E-state index contributed by atoms with van der Waals surface area (Å²) in [5, 5.41) is 8.56. The van der Waals surface area contributed by atoms with Gasteiger partial charge in [0.15, 0.2) is 0 Å². The van der Waals surface area contributed by atoms with Gasteiger partial charge in [-0.1, -0.05) is 25.5 Å². The van der Waals surface area contributed by atoms with E-state index in [9.17, 15) is 0 Å². The first-order chi connectivity index (χ1) is 8.36. The molecule has 1 rings (SSSR count). The van der Waals surface area contributed by atoms with Crippen LogP contribution in [0.5, 0.6) is 5.75 Å². The molecule has 3 heteroatoms. The molecule has 0 bridgehead atoms. The van der Waals surface area contributed by atoms with Crippen molar-refractivity contribution in [2.24, 2.45) is 0 Å². The summed E-state index contributed by atoms with van der Waals surface area (Å²) in [4.78, 5) is 0. The number of benzene rings is 1. The molecule has 0 unspecified atom stereocenters. The van der Waals surface area contributed by atoms with Crippen LogP contribution in [-0.4, -0.2) is 31.5 Å². The minimum atomic E-state index is 0.0875. The van der Waals surface area contributed by atoms with Crippen LogP contribution < -0.4 is 4.74 Å². The lowest BCUT2D eigenvalue weighted by molar-refractivity contribution is 0.0944. The van der Waals surface area contributed by atoms with Crippen LogP contribution in [0.4, 0.5) is 0 Å². The highest BCUT2D eigenvalue weighted by molar-refractivity contribution is 5.27. The van der Waals surface area contributed by atoms with Gasteiger partial charge in [-0.25, -0.2) is 0 Å². The maximum atomic E-state index is 8.56. The standard InChI is InChI=1S/C14H22O3/c1-2-3-10-17-14-6-4-13(5-7-14)8-11-16-12-9-15/h4-7,15H,2-3,8-12H2,1H3. The fraction of sp³-hybridized carbons (Fsp3) is 0.571. The van der Waals surface area contributed by atoms with Crippen molar-refractivity contribution in [2.45, 2.75) is 26.2 Å². The van der Waals surface area contributed by atoms with Gasteiger partial charge >= 0.3 is 0 Å². The predicted molar refractivity (Wildman–Crippen MR) is 68.5 cm³/mol. The molecule has 0 atom stereocenters. The fourth-order valence-corrected chi connectivity index (χ4v) is 1.44. The maximum absolute atomic E-state index is 8.56. The molecule has 1 aromatic carbocycles. The quantitative estimate of drug-likeness (QED) is 0.671. The monoisotopic (exact) mass is 238 g/mol. The molecule has 1 aromatic rings. The van der Waals surface area contributed by atoms with E-state index in [-0.39, 0.29) is 6.61 Å². The number of unbranched alkanes of at least 4 members (excludes halogenated alkanes) is 1. The highest BCUT2D eigenvalue weighted by atomic mass is 16.5. The van der Waals surface area contributed by atoms with Crippen molar-refractivity contribution in [3.8, 4) is 5.75 Å². The Bertz CT molecular complexity index is 282. The molecule has 0 aliphatic rings. The Kier molecular flexibility index (Phi) is 7.43. The van der Waals surface area contributed by atoms with Crippen molar-refractivity contribution in [1.82, 2.24) is 0 Å².